The summed E-state index contributed by atoms with van der Waals surface area (Å²) in [5.41, 5.74) is 3.16. The van der Waals surface area contributed by atoms with Crippen LogP contribution in [0, 0.1) is 12.3 Å². The molecule has 0 aromatic heterocycles. The summed E-state index contributed by atoms with van der Waals surface area (Å²) in [6.45, 7) is 0.655. The van der Waals surface area contributed by atoms with Crippen LogP contribution < -0.4 is 4.74 Å². The zero-order valence-electron chi connectivity index (χ0n) is 14.6. The molecule has 0 amide bonds. The monoisotopic (exact) mass is 333 g/mol. The number of carbonyl (C=O) groups excluding carboxylic acids is 1. The minimum atomic E-state index is -0.324. The Kier molecular flexibility index (Phi) is 5.53. The summed E-state index contributed by atoms with van der Waals surface area (Å²) in [5.74, 6) is 3.00. The van der Waals surface area contributed by atoms with Crippen LogP contribution in [0.4, 0.5) is 0 Å². The van der Waals surface area contributed by atoms with Crippen LogP contribution in [0.5, 0.6) is 5.75 Å². The van der Waals surface area contributed by atoms with Gasteiger partial charge in [-0.1, -0.05) is 30.2 Å². The lowest BCUT2D eigenvalue weighted by molar-refractivity contribution is 0.0734. The maximum atomic E-state index is 12.3. The number of fused-ring (bicyclic) bond motifs is 1. The normalized spacial score (nSPS) is 16.6. The third-order valence-corrected chi connectivity index (χ3v) is 4.80. The van der Waals surface area contributed by atoms with Crippen molar-refractivity contribution in [1.29, 1.82) is 0 Å². The Balaban J connectivity index is 1.77. The highest BCUT2D eigenvalue weighted by Crippen LogP contribution is 2.27. The van der Waals surface area contributed by atoms with Gasteiger partial charge in [-0.2, -0.15) is 0 Å². The van der Waals surface area contributed by atoms with E-state index in [1.807, 2.05) is 30.3 Å². The van der Waals surface area contributed by atoms with Gasteiger partial charge in [-0.15, -0.1) is 6.42 Å². The van der Waals surface area contributed by atoms with E-state index in [-0.39, 0.29) is 5.97 Å². The predicted octanol–water partition coefficient (Wildman–Crippen LogP) is 3.72. The largest absolute Gasteiger partial charge is 0.423 e. The number of rotatable bonds is 4. The van der Waals surface area contributed by atoms with Gasteiger partial charge in [0.25, 0.3) is 0 Å². The van der Waals surface area contributed by atoms with E-state index in [0.717, 1.165) is 25.7 Å². The van der Waals surface area contributed by atoms with Gasteiger partial charge in [-0.25, -0.2) is 4.79 Å². The zero-order chi connectivity index (χ0) is 17.6. The molecule has 0 saturated heterocycles. The third kappa shape index (κ3) is 4.29. The molecule has 0 heterocycles. The molecule has 2 aromatic carbocycles. The number of nitrogens with zero attached hydrogens (tertiary/aromatic N) is 1. The number of aryl methyl sites for hydroxylation is 1. The van der Waals surface area contributed by atoms with Gasteiger partial charge < -0.3 is 4.74 Å². The van der Waals surface area contributed by atoms with E-state index in [0.29, 0.717) is 23.9 Å². The fourth-order valence-corrected chi connectivity index (χ4v) is 3.37. The minimum Gasteiger partial charge on any atom is -0.423 e. The van der Waals surface area contributed by atoms with Crippen molar-refractivity contribution in [2.45, 2.75) is 31.7 Å². The van der Waals surface area contributed by atoms with E-state index >= 15 is 0 Å². The van der Waals surface area contributed by atoms with E-state index < -0.39 is 0 Å². The van der Waals surface area contributed by atoms with Gasteiger partial charge in [-0.05, 0) is 68.1 Å². The molecule has 3 heteroatoms. The molecule has 0 spiro atoms. The first-order chi connectivity index (χ1) is 12.2. The standard InChI is InChI=1S/C22H23NO2/c1-3-14-23(2)20-11-7-10-17-12-13-21(16-19(17)15-20)25-22(24)18-8-5-4-6-9-18/h1,4-6,8-9,12-13,16,20H,7,10-11,14-15H2,2H3. The average Bonchev–Trinajstić information content (AvgIpc) is 2.84. The van der Waals surface area contributed by atoms with E-state index in [1.165, 1.54) is 11.1 Å². The second-order valence-corrected chi connectivity index (χ2v) is 6.56. The number of esters is 1. The van der Waals surface area contributed by atoms with Crippen LogP contribution in [0.1, 0.15) is 34.3 Å². The molecule has 0 radical (unpaired) electrons. The van der Waals surface area contributed by atoms with Crippen molar-refractivity contribution in [1.82, 2.24) is 4.90 Å². The molecule has 128 valence electrons. The van der Waals surface area contributed by atoms with Gasteiger partial charge in [0, 0.05) is 6.04 Å². The lowest BCUT2D eigenvalue weighted by Gasteiger charge is -2.25. The molecule has 25 heavy (non-hydrogen) atoms. The Bertz CT molecular complexity index is 776. The molecule has 0 fully saturated rings. The van der Waals surface area contributed by atoms with Crippen molar-refractivity contribution in [3.63, 3.8) is 0 Å². The number of ether oxygens (including phenoxy) is 1. The molecular weight excluding hydrogens is 310 g/mol. The molecule has 3 nitrogen and oxygen atoms in total. The highest BCUT2D eigenvalue weighted by atomic mass is 16.5. The number of carbonyl (C=O) groups is 1. The van der Waals surface area contributed by atoms with Crippen molar-refractivity contribution in [3.8, 4) is 18.1 Å². The second kappa shape index (κ2) is 8.00. The lowest BCUT2D eigenvalue weighted by Crippen LogP contribution is -2.33. The first kappa shape index (κ1) is 17.3. The molecule has 1 aliphatic carbocycles. The Morgan fingerprint density at radius 1 is 1.24 bits per heavy atom. The summed E-state index contributed by atoms with van der Waals surface area (Å²) in [7, 11) is 2.08. The summed E-state index contributed by atoms with van der Waals surface area (Å²) in [5, 5.41) is 0. The van der Waals surface area contributed by atoms with E-state index in [2.05, 4.69) is 23.9 Å². The average molecular weight is 333 g/mol. The summed E-state index contributed by atoms with van der Waals surface area (Å²) in [6, 6.07) is 15.5. The van der Waals surface area contributed by atoms with Gasteiger partial charge in [0.15, 0.2) is 0 Å². The predicted molar refractivity (Wildman–Crippen MR) is 99.7 cm³/mol. The Morgan fingerprint density at radius 2 is 2.04 bits per heavy atom. The maximum absolute atomic E-state index is 12.3. The maximum Gasteiger partial charge on any atom is 0.343 e. The van der Waals surface area contributed by atoms with Crippen LogP contribution in [-0.4, -0.2) is 30.5 Å². The van der Waals surface area contributed by atoms with Crippen LogP contribution in [-0.2, 0) is 12.8 Å². The van der Waals surface area contributed by atoms with Crippen molar-refractivity contribution in [2.75, 3.05) is 13.6 Å². The summed E-state index contributed by atoms with van der Waals surface area (Å²) in [6.07, 6.45) is 9.73. The van der Waals surface area contributed by atoms with Gasteiger partial charge in [0.2, 0.25) is 0 Å². The fraction of sp³-hybridized carbons (Fsp3) is 0.318. The minimum absolute atomic E-state index is 0.324. The number of terminal acetylenes is 1. The van der Waals surface area contributed by atoms with Crippen LogP contribution in [0.3, 0.4) is 0 Å². The molecule has 0 saturated carbocycles. The van der Waals surface area contributed by atoms with Gasteiger partial charge in [-0.3, -0.25) is 4.90 Å². The topological polar surface area (TPSA) is 29.5 Å². The lowest BCUT2D eigenvalue weighted by atomic mass is 10.0. The molecule has 1 unspecified atom stereocenters. The summed E-state index contributed by atoms with van der Waals surface area (Å²) >= 11 is 0. The van der Waals surface area contributed by atoms with Crippen LogP contribution >= 0.6 is 0 Å². The SMILES string of the molecule is C#CCN(C)C1CCCc2ccc(OC(=O)c3ccccc3)cc2C1. The molecule has 0 N–H and O–H groups in total. The van der Waals surface area contributed by atoms with Crippen LogP contribution in [0.15, 0.2) is 48.5 Å². The number of likely N-dealkylation sites (N-methyl/N-ethyl adjacent to an activating group) is 1. The quantitative estimate of drug-likeness (QED) is 0.370. The van der Waals surface area contributed by atoms with Crippen molar-refractivity contribution in [3.05, 3.63) is 65.2 Å². The Labute approximate surface area is 149 Å². The first-order valence-corrected chi connectivity index (χ1v) is 8.70. The van der Waals surface area contributed by atoms with Crippen LogP contribution in [0.25, 0.3) is 0 Å². The number of benzene rings is 2. The van der Waals surface area contributed by atoms with Gasteiger partial charge in [0.1, 0.15) is 5.75 Å². The molecular formula is C22H23NO2. The highest BCUT2D eigenvalue weighted by molar-refractivity contribution is 5.90. The van der Waals surface area contributed by atoms with Crippen molar-refractivity contribution >= 4 is 5.97 Å². The summed E-state index contributed by atoms with van der Waals surface area (Å²) < 4.78 is 5.57. The van der Waals surface area contributed by atoms with Crippen LogP contribution in [0.2, 0.25) is 0 Å². The second-order valence-electron chi connectivity index (χ2n) is 6.56. The highest BCUT2D eigenvalue weighted by Gasteiger charge is 2.20. The number of hydrogen-bond donors (Lipinski definition) is 0. The molecule has 0 aliphatic heterocycles. The van der Waals surface area contributed by atoms with E-state index in [1.54, 1.807) is 12.1 Å². The molecule has 1 atom stereocenters. The molecule has 0 bridgehead atoms. The fourth-order valence-electron chi connectivity index (χ4n) is 3.37. The smallest absolute Gasteiger partial charge is 0.343 e. The van der Waals surface area contributed by atoms with Crippen molar-refractivity contribution < 1.29 is 9.53 Å². The van der Waals surface area contributed by atoms with Crippen molar-refractivity contribution in [2.24, 2.45) is 0 Å². The molecule has 3 rings (SSSR count). The van der Waals surface area contributed by atoms with Gasteiger partial charge >= 0.3 is 5.97 Å². The van der Waals surface area contributed by atoms with E-state index in [9.17, 15) is 4.79 Å². The molecule has 1 aliphatic rings. The van der Waals surface area contributed by atoms with E-state index in [4.69, 9.17) is 11.2 Å². The zero-order valence-corrected chi connectivity index (χ0v) is 14.6. The first-order valence-electron chi connectivity index (χ1n) is 8.70. The van der Waals surface area contributed by atoms with Gasteiger partial charge in [0.05, 0.1) is 12.1 Å². The number of hydrogen-bond acceptors (Lipinski definition) is 3. The summed E-state index contributed by atoms with van der Waals surface area (Å²) in [4.78, 5) is 14.5. The molecule has 2 aromatic rings. The Morgan fingerprint density at radius 3 is 2.80 bits per heavy atom. The Hall–Kier alpha value is -2.57. The third-order valence-electron chi connectivity index (χ3n) is 4.80.